The molecule has 20 heavy (non-hydrogen) atoms. The first-order valence-electron chi connectivity index (χ1n) is 6.46. The van der Waals surface area contributed by atoms with Gasteiger partial charge in [0.1, 0.15) is 0 Å². The van der Waals surface area contributed by atoms with E-state index in [-0.39, 0.29) is 4.90 Å². The third-order valence-electron chi connectivity index (χ3n) is 3.09. The fourth-order valence-electron chi connectivity index (χ4n) is 1.97. The molecule has 0 atom stereocenters. The van der Waals surface area contributed by atoms with Gasteiger partial charge in [0.25, 0.3) is 10.0 Å². The van der Waals surface area contributed by atoms with Crippen molar-refractivity contribution in [3.63, 3.8) is 0 Å². The predicted molar refractivity (Wildman–Crippen MR) is 81.0 cm³/mol. The Labute approximate surface area is 119 Å². The van der Waals surface area contributed by atoms with Crippen molar-refractivity contribution < 1.29 is 8.42 Å². The number of nitrogens with two attached hydrogens (primary N) is 1. The third-order valence-corrected chi connectivity index (χ3v) is 4.45. The van der Waals surface area contributed by atoms with E-state index in [1.54, 1.807) is 30.3 Å². The summed E-state index contributed by atoms with van der Waals surface area (Å²) in [5.74, 6) is 0. The Hall–Kier alpha value is -1.85. The Bertz CT molecular complexity index is 697. The Morgan fingerprint density at radius 3 is 2.55 bits per heavy atom. The van der Waals surface area contributed by atoms with Gasteiger partial charge < -0.3 is 5.73 Å². The summed E-state index contributed by atoms with van der Waals surface area (Å²) in [6.45, 7) is 2.30. The predicted octanol–water partition coefficient (Wildman–Crippen LogP) is 2.51. The van der Waals surface area contributed by atoms with Gasteiger partial charge in [-0.2, -0.15) is 0 Å². The van der Waals surface area contributed by atoms with Gasteiger partial charge in [0.2, 0.25) is 0 Å². The molecule has 0 radical (unpaired) electrons. The van der Waals surface area contributed by atoms with E-state index in [4.69, 9.17) is 5.73 Å². The number of hydrogen-bond donors (Lipinski definition) is 2. The molecule has 0 aliphatic carbocycles. The van der Waals surface area contributed by atoms with Gasteiger partial charge in [0.15, 0.2) is 0 Å². The second-order valence-corrected chi connectivity index (χ2v) is 6.15. The standard InChI is InChI=1S/C15H18N2O2S/c1-2-13-7-3-4-9-15(13)17-20(18,19)14-8-5-6-12(10-14)11-16/h3-10,17H,2,11,16H2,1H3. The molecule has 0 fully saturated rings. The lowest BCUT2D eigenvalue weighted by Gasteiger charge is -2.12. The minimum absolute atomic E-state index is 0.228. The zero-order valence-electron chi connectivity index (χ0n) is 11.3. The fourth-order valence-corrected chi connectivity index (χ4v) is 3.14. The smallest absolute Gasteiger partial charge is 0.261 e. The second-order valence-electron chi connectivity index (χ2n) is 4.47. The number of sulfonamides is 1. The molecule has 3 N–H and O–H groups in total. The molecular weight excluding hydrogens is 272 g/mol. The minimum Gasteiger partial charge on any atom is -0.326 e. The SMILES string of the molecule is CCc1ccccc1NS(=O)(=O)c1cccc(CN)c1. The molecule has 0 unspecified atom stereocenters. The maximum absolute atomic E-state index is 12.4. The van der Waals surface area contributed by atoms with E-state index in [2.05, 4.69) is 4.72 Å². The number of anilines is 1. The van der Waals surface area contributed by atoms with Crippen molar-refractivity contribution in [1.29, 1.82) is 0 Å². The molecular formula is C15H18N2O2S. The molecule has 2 rings (SSSR count). The van der Waals surface area contributed by atoms with Crippen LogP contribution in [0.5, 0.6) is 0 Å². The van der Waals surface area contributed by atoms with Crippen molar-refractivity contribution in [2.45, 2.75) is 24.8 Å². The first-order valence-corrected chi connectivity index (χ1v) is 7.95. The van der Waals surface area contributed by atoms with Crippen LogP contribution in [0, 0.1) is 0 Å². The van der Waals surface area contributed by atoms with Gasteiger partial charge in [-0.05, 0) is 35.7 Å². The van der Waals surface area contributed by atoms with Crippen molar-refractivity contribution in [3.05, 3.63) is 59.7 Å². The van der Waals surface area contributed by atoms with Crippen LogP contribution in [0.15, 0.2) is 53.4 Å². The number of hydrogen-bond acceptors (Lipinski definition) is 3. The van der Waals surface area contributed by atoms with Gasteiger partial charge >= 0.3 is 0 Å². The summed E-state index contributed by atoms with van der Waals surface area (Å²) in [6, 6.07) is 14.0. The largest absolute Gasteiger partial charge is 0.326 e. The lowest BCUT2D eigenvalue weighted by atomic mass is 10.1. The fraction of sp³-hybridized carbons (Fsp3) is 0.200. The number of para-hydroxylation sites is 1. The first kappa shape index (κ1) is 14.6. The third kappa shape index (κ3) is 3.18. The molecule has 0 spiro atoms. The summed E-state index contributed by atoms with van der Waals surface area (Å²) in [5.41, 5.74) is 7.92. The van der Waals surface area contributed by atoms with Crippen molar-refractivity contribution in [2.24, 2.45) is 5.73 Å². The summed E-state index contributed by atoms with van der Waals surface area (Å²) < 4.78 is 27.4. The summed E-state index contributed by atoms with van der Waals surface area (Å²) in [4.78, 5) is 0.228. The highest BCUT2D eigenvalue weighted by Crippen LogP contribution is 2.21. The van der Waals surface area contributed by atoms with Crippen molar-refractivity contribution >= 4 is 15.7 Å². The zero-order chi connectivity index (χ0) is 14.6. The van der Waals surface area contributed by atoms with E-state index in [1.807, 2.05) is 25.1 Å². The van der Waals surface area contributed by atoms with Gasteiger partial charge in [0, 0.05) is 6.54 Å². The molecule has 0 aliphatic rings. The maximum atomic E-state index is 12.4. The van der Waals surface area contributed by atoms with Crippen LogP contribution in [-0.2, 0) is 23.0 Å². The summed E-state index contributed by atoms with van der Waals surface area (Å²) in [6.07, 6.45) is 0.765. The maximum Gasteiger partial charge on any atom is 0.261 e. The topological polar surface area (TPSA) is 72.2 Å². The van der Waals surface area contributed by atoms with Crippen molar-refractivity contribution in [1.82, 2.24) is 0 Å². The van der Waals surface area contributed by atoms with Crippen LogP contribution in [0.4, 0.5) is 5.69 Å². The molecule has 2 aromatic rings. The van der Waals surface area contributed by atoms with Crippen LogP contribution in [0.1, 0.15) is 18.1 Å². The van der Waals surface area contributed by atoms with Gasteiger partial charge in [-0.3, -0.25) is 4.72 Å². The minimum atomic E-state index is -3.58. The lowest BCUT2D eigenvalue weighted by molar-refractivity contribution is 0.601. The average molecular weight is 290 g/mol. The number of aryl methyl sites for hydroxylation is 1. The highest BCUT2D eigenvalue weighted by atomic mass is 32.2. The van der Waals surface area contributed by atoms with Crippen molar-refractivity contribution in [2.75, 3.05) is 4.72 Å². The summed E-state index contributed by atoms with van der Waals surface area (Å²) in [5, 5.41) is 0. The number of benzene rings is 2. The average Bonchev–Trinajstić information content (AvgIpc) is 2.47. The number of nitrogens with one attached hydrogen (secondary N) is 1. The highest BCUT2D eigenvalue weighted by Gasteiger charge is 2.15. The van der Waals surface area contributed by atoms with Crippen LogP contribution in [0.3, 0.4) is 0 Å². The monoisotopic (exact) mass is 290 g/mol. The molecule has 0 heterocycles. The molecule has 0 saturated carbocycles. The summed E-state index contributed by atoms with van der Waals surface area (Å²) in [7, 11) is -3.58. The number of rotatable bonds is 5. The molecule has 0 aliphatic heterocycles. The summed E-state index contributed by atoms with van der Waals surface area (Å²) >= 11 is 0. The molecule has 2 aromatic carbocycles. The molecule has 4 nitrogen and oxygen atoms in total. The van der Waals surface area contributed by atoms with E-state index in [0.717, 1.165) is 17.5 Å². The molecule has 0 amide bonds. The van der Waals surface area contributed by atoms with E-state index in [9.17, 15) is 8.42 Å². The second kappa shape index (κ2) is 6.07. The molecule has 0 saturated heterocycles. The molecule has 0 aromatic heterocycles. The van der Waals surface area contributed by atoms with E-state index >= 15 is 0 Å². The molecule has 5 heteroatoms. The van der Waals surface area contributed by atoms with Gasteiger partial charge in [0.05, 0.1) is 10.6 Å². The van der Waals surface area contributed by atoms with E-state index < -0.39 is 10.0 Å². The Kier molecular flexibility index (Phi) is 4.42. The van der Waals surface area contributed by atoms with Gasteiger partial charge in [-0.15, -0.1) is 0 Å². The normalized spacial score (nSPS) is 11.3. The van der Waals surface area contributed by atoms with Crippen molar-refractivity contribution in [3.8, 4) is 0 Å². The van der Waals surface area contributed by atoms with Gasteiger partial charge in [-0.1, -0.05) is 37.3 Å². The molecule has 0 bridgehead atoms. The highest BCUT2D eigenvalue weighted by molar-refractivity contribution is 7.92. The van der Waals surface area contributed by atoms with Crippen LogP contribution in [0.25, 0.3) is 0 Å². The molecule has 106 valence electrons. The van der Waals surface area contributed by atoms with E-state index in [1.165, 1.54) is 0 Å². The van der Waals surface area contributed by atoms with Crippen LogP contribution in [0.2, 0.25) is 0 Å². The zero-order valence-corrected chi connectivity index (χ0v) is 12.2. The quantitative estimate of drug-likeness (QED) is 0.888. The van der Waals surface area contributed by atoms with Crippen LogP contribution >= 0.6 is 0 Å². The lowest BCUT2D eigenvalue weighted by Crippen LogP contribution is -2.14. The Morgan fingerprint density at radius 1 is 1.10 bits per heavy atom. The van der Waals surface area contributed by atoms with Crippen LogP contribution in [-0.4, -0.2) is 8.42 Å². The Balaban J connectivity index is 2.35. The van der Waals surface area contributed by atoms with Gasteiger partial charge in [-0.25, -0.2) is 8.42 Å². The first-order chi connectivity index (χ1) is 9.56. The van der Waals surface area contributed by atoms with Crippen LogP contribution < -0.4 is 10.5 Å². The van der Waals surface area contributed by atoms with E-state index in [0.29, 0.717) is 12.2 Å². The Morgan fingerprint density at radius 2 is 1.85 bits per heavy atom.